The van der Waals surface area contributed by atoms with Crippen LogP contribution in [0.4, 0.5) is 18.9 Å². The van der Waals surface area contributed by atoms with Crippen molar-refractivity contribution in [3.05, 3.63) is 29.3 Å². The molecule has 3 fully saturated rings. The Labute approximate surface area is 221 Å². The molecule has 7 nitrogen and oxygen atoms in total. The Morgan fingerprint density at radius 1 is 1.00 bits per heavy atom. The van der Waals surface area contributed by atoms with E-state index in [0.717, 1.165) is 60.7 Å². The monoisotopic (exact) mass is 534 g/mol. The average molecular weight is 535 g/mol. The van der Waals surface area contributed by atoms with E-state index in [1.807, 2.05) is 12.1 Å². The first-order valence-electron chi connectivity index (χ1n) is 14.0. The second kappa shape index (κ2) is 10.9. The molecule has 2 aliphatic carbocycles. The molecule has 0 radical (unpaired) electrons. The van der Waals surface area contributed by atoms with Crippen LogP contribution in [0.25, 0.3) is 0 Å². The quantitative estimate of drug-likeness (QED) is 0.314. The van der Waals surface area contributed by atoms with Gasteiger partial charge < -0.3 is 10.6 Å². The Morgan fingerprint density at radius 2 is 1.71 bits per heavy atom. The van der Waals surface area contributed by atoms with E-state index in [4.69, 9.17) is 0 Å². The summed E-state index contributed by atoms with van der Waals surface area (Å²) in [5.74, 6) is -0.231. The zero-order valence-electron chi connectivity index (χ0n) is 21.7. The van der Waals surface area contributed by atoms with Crippen molar-refractivity contribution in [1.82, 2.24) is 15.3 Å². The molecule has 1 saturated heterocycles. The Morgan fingerprint density at radius 3 is 2.37 bits per heavy atom. The number of fused-ring (bicyclic) bond motifs is 1. The fourth-order valence-electron chi connectivity index (χ4n) is 6.19. The summed E-state index contributed by atoms with van der Waals surface area (Å²) in [6, 6.07) is 5.76. The minimum absolute atomic E-state index is 0.0910. The maximum absolute atomic E-state index is 13.2. The van der Waals surface area contributed by atoms with Gasteiger partial charge in [-0.15, -0.1) is 0 Å². The van der Waals surface area contributed by atoms with Gasteiger partial charge in [-0.2, -0.15) is 18.2 Å². The van der Waals surface area contributed by atoms with Gasteiger partial charge in [0.15, 0.2) is 0 Å². The number of benzene rings is 1. The number of amides is 3. The molecule has 38 heavy (non-hydrogen) atoms. The van der Waals surface area contributed by atoms with E-state index in [1.165, 1.54) is 17.9 Å². The van der Waals surface area contributed by atoms with Crippen molar-refractivity contribution in [3.63, 3.8) is 0 Å². The highest BCUT2D eigenvalue weighted by molar-refractivity contribution is 6.05. The maximum atomic E-state index is 13.2. The van der Waals surface area contributed by atoms with Gasteiger partial charge in [-0.25, -0.2) is 5.01 Å². The van der Waals surface area contributed by atoms with E-state index >= 15 is 0 Å². The van der Waals surface area contributed by atoms with Gasteiger partial charge in [-0.1, -0.05) is 18.9 Å². The van der Waals surface area contributed by atoms with Crippen LogP contribution in [-0.2, 0) is 16.1 Å². The molecule has 2 heterocycles. The summed E-state index contributed by atoms with van der Waals surface area (Å²) in [4.78, 5) is 38.2. The lowest BCUT2D eigenvalue weighted by molar-refractivity contribution is -0.163. The Kier molecular flexibility index (Phi) is 7.71. The van der Waals surface area contributed by atoms with Gasteiger partial charge in [0.05, 0.1) is 6.54 Å². The topological polar surface area (TPSA) is 81.8 Å². The van der Waals surface area contributed by atoms with Crippen LogP contribution in [0.5, 0.6) is 0 Å². The number of carbonyl (C=O) groups is 3. The average Bonchev–Trinajstić information content (AvgIpc) is 3.65. The van der Waals surface area contributed by atoms with E-state index in [-0.39, 0.29) is 55.1 Å². The molecule has 2 N–H and O–H groups in total. The van der Waals surface area contributed by atoms with Crippen LogP contribution in [0.1, 0.15) is 99.4 Å². The van der Waals surface area contributed by atoms with Gasteiger partial charge in [0.25, 0.3) is 5.91 Å². The zero-order chi connectivity index (χ0) is 26.9. The normalized spacial score (nSPS) is 26.2. The lowest BCUT2D eigenvalue weighted by atomic mass is 9.75. The number of imide groups is 1. The molecule has 3 amide bonds. The highest BCUT2D eigenvalue weighted by atomic mass is 19.4. The molecule has 0 spiro atoms. The first-order valence-corrected chi connectivity index (χ1v) is 14.0. The van der Waals surface area contributed by atoms with Gasteiger partial charge in [0.2, 0.25) is 11.8 Å². The molecule has 1 aromatic rings. The number of halogens is 3. The summed E-state index contributed by atoms with van der Waals surface area (Å²) < 4.78 is 37.4. The van der Waals surface area contributed by atoms with Crippen molar-refractivity contribution in [2.45, 2.75) is 108 Å². The summed E-state index contributed by atoms with van der Waals surface area (Å²) in [7, 11) is 0. The first-order chi connectivity index (χ1) is 18.1. The Bertz CT molecular complexity index is 1050. The lowest BCUT2D eigenvalue weighted by Gasteiger charge is -2.43. The molecule has 1 aromatic carbocycles. The van der Waals surface area contributed by atoms with Crippen LogP contribution >= 0.6 is 0 Å². The third-order valence-corrected chi connectivity index (χ3v) is 8.58. The molecular weight excluding hydrogens is 497 g/mol. The van der Waals surface area contributed by atoms with E-state index in [1.54, 1.807) is 6.07 Å². The third-order valence-electron chi connectivity index (χ3n) is 8.58. The summed E-state index contributed by atoms with van der Waals surface area (Å²) >= 11 is 0. The van der Waals surface area contributed by atoms with E-state index in [2.05, 4.69) is 10.6 Å². The van der Waals surface area contributed by atoms with E-state index < -0.39 is 12.6 Å². The Hall–Kier alpha value is -2.62. The molecule has 2 saturated carbocycles. The summed E-state index contributed by atoms with van der Waals surface area (Å²) in [6.45, 7) is 0.543. The highest BCUT2D eigenvalue weighted by Gasteiger charge is 2.42. The molecule has 0 atom stereocenters. The van der Waals surface area contributed by atoms with Crippen molar-refractivity contribution >= 4 is 23.4 Å². The van der Waals surface area contributed by atoms with Crippen molar-refractivity contribution in [2.75, 3.05) is 11.9 Å². The highest BCUT2D eigenvalue weighted by Crippen LogP contribution is 2.43. The lowest BCUT2D eigenvalue weighted by Crippen LogP contribution is -2.52. The van der Waals surface area contributed by atoms with Crippen LogP contribution in [0.3, 0.4) is 0 Å². The van der Waals surface area contributed by atoms with Crippen molar-refractivity contribution in [3.8, 4) is 0 Å². The molecular formula is C28H37F3N4O3. The number of carbonyl (C=O) groups excluding carboxylic acids is 3. The molecule has 0 bridgehead atoms. The fraction of sp³-hybridized carbons (Fsp3) is 0.679. The van der Waals surface area contributed by atoms with Gasteiger partial charge >= 0.3 is 6.18 Å². The molecule has 4 aliphatic rings. The number of piperidine rings is 1. The van der Waals surface area contributed by atoms with Crippen molar-refractivity contribution in [1.29, 1.82) is 0 Å². The second-order valence-electron chi connectivity index (χ2n) is 11.5. The molecule has 10 heteroatoms. The number of anilines is 1. The van der Waals surface area contributed by atoms with Crippen molar-refractivity contribution in [2.24, 2.45) is 5.92 Å². The smallest absolute Gasteiger partial charge is 0.379 e. The van der Waals surface area contributed by atoms with Crippen LogP contribution in [0, 0.1) is 5.92 Å². The minimum Gasteiger partial charge on any atom is -0.379 e. The molecule has 2 aliphatic heterocycles. The van der Waals surface area contributed by atoms with Crippen LogP contribution < -0.4 is 10.6 Å². The largest absolute Gasteiger partial charge is 0.389 e. The van der Waals surface area contributed by atoms with Gasteiger partial charge in [0.1, 0.15) is 0 Å². The number of nitrogens with zero attached hydrogens (tertiary/aromatic N) is 2. The summed E-state index contributed by atoms with van der Waals surface area (Å²) in [6.07, 6.45) is 4.44. The Balaban J connectivity index is 1.27. The SMILES string of the molecule is O=C1c2cccc(NC3(CCC4CC4)CCC(NCCCC(F)(F)F)CC3)c2CN1N1C(=O)CCCC1=O. The predicted octanol–water partition coefficient (Wildman–Crippen LogP) is 5.31. The number of hydrazine groups is 1. The second-order valence-corrected chi connectivity index (χ2v) is 11.5. The van der Waals surface area contributed by atoms with Gasteiger partial charge in [-0.05, 0) is 76.0 Å². The summed E-state index contributed by atoms with van der Waals surface area (Å²) in [5.41, 5.74) is 2.03. The molecule has 208 valence electrons. The summed E-state index contributed by atoms with van der Waals surface area (Å²) in [5, 5.41) is 9.46. The number of hydrogen-bond acceptors (Lipinski definition) is 5. The number of hydrogen-bond donors (Lipinski definition) is 2. The standard InChI is InChI=1S/C28H37F3N4O3/c29-28(30,31)13-3-17-32-20-11-15-27(16-12-20,14-10-19-8-9-19)33-23-5-1-4-21-22(23)18-34(26(21)38)35-24(36)6-2-7-25(35)37/h1,4-5,19-20,32-33H,2-3,6-18H2. The van der Waals surface area contributed by atoms with Gasteiger partial charge in [-0.3, -0.25) is 14.4 Å². The number of nitrogens with one attached hydrogen (secondary N) is 2. The van der Waals surface area contributed by atoms with Crippen molar-refractivity contribution < 1.29 is 27.6 Å². The van der Waals surface area contributed by atoms with Crippen LogP contribution in [-0.4, -0.2) is 52.0 Å². The van der Waals surface area contributed by atoms with E-state index in [9.17, 15) is 27.6 Å². The number of alkyl halides is 3. The first kappa shape index (κ1) is 27.0. The van der Waals surface area contributed by atoms with Crippen LogP contribution in [0.2, 0.25) is 0 Å². The maximum Gasteiger partial charge on any atom is 0.389 e. The third kappa shape index (κ3) is 6.16. The van der Waals surface area contributed by atoms with Gasteiger partial charge in [0, 0.05) is 47.7 Å². The zero-order valence-corrected chi connectivity index (χ0v) is 21.7. The molecule has 0 aromatic heterocycles. The van der Waals surface area contributed by atoms with E-state index in [0.29, 0.717) is 18.5 Å². The molecule has 5 rings (SSSR count). The van der Waals surface area contributed by atoms with Crippen LogP contribution in [0.15, 0.2) is 18.2 Å². The fourth-order valence-corrected chi connectivity index (χ4v) is 6.19. The minimum atomic E-state index is -4.11. The predicted molar refractivity (Wildman–Crippen MR) is 136 cm³/mol. The number of rotatable bonds is 10. The molecule has 0 unspecified atom stereocenters.